The normalized spacial score (nSPS) is 12.5. The van der Waals surface area contributed by atoms with Crippen molar-refractivity contribution in [3.63, 3.8) is 0 Å². The monoisotopic (exact) mass is 282 g/mol. The summed E-state index contributed by atoms with van der Waals surface area (Å²) in [6, 6.07) is 14.0. The van der Waals surface area contributed by atoms with Crippen LogP contribution in [0.15, 0.2) is 54.6 Å². The third-order valence-electron chi connectivity index (χ3n) is 2.57. The van der Waals surface area contributed by atoms with Crippen molar-refractivity contribution in [1.82, 2.24) is 0 Å². The van der Waals surface area contributed by atoms with Gasteiger partial charge in [0.05, 0.1) is 5.57 Å². The molecule has 0 saturated heterocycles. The van der Waals surface area contributed by atoms with Crippen LogP contribution in [0.2, 0.25) is 5.02 Å². The first kappa shape index (κ1) is 13.7. The van der Waals surface area contributed by atoms with Gasteiger partial charge in [-0.2, -0.15) is 13.2 Å². The van der Waals surface area contributed by atoms with Gasteiger partial charge in [-0.15, -0.1) is 0 Å². The molecule has 98 valence electrons. The van der Waals surface area contributed by atoms with Crippen molar-refractivity contribution in [2.75, 3.05) is 0 Å². The van der Waals surface area contributed by atoms with Crippen LogP contribution in [0.1, 0.15) is 11.1 Å². The van der Waals surface area contributed by atoms with Crippen LogP contribution in [0.25, 0.3) is 11.6 Å². The van der Waals surface area contributed by atoms with E-state index >= 15 is 0 Å². The van der Waals surface area contributed by atoms with Gasteiger partial charge in [-0.25, -0.2) is 0 Å². The maximum Gasteiger partial charge on any atom is 0.417 e. The van der Waals surface area contributed by atoms with E-state index in [1.807, 2.05) is 0 Å². The second kappa shape index (κ2) is 5.49. The van der Waals surface area contributed by atoms with Crippen LogP contribution in [0.5, 0.6) is 0 Å². The Morgan fingerprint density at radius 3 is 2.00 bits per heavy atom. The largest absolute Gasteiger partial charge is 0.417 e. The summed E-state index contributed by atoms with van der Waals surface area (Å²) in [5.41, 5.74) is -0.0825. The van der Waals surface area contributed by atoms with Gasteiger partial charge in [0.25, 0.3) is 0 Å². The first-order valence-electron chi connectivity index (χ1n) is 5.57. The van der Waals surface area contributed by atoms with E-state index in [1.54, 1.807) is 30.3 Å². The maximum absolute atomic E-state index is 13.1. The number of rotatable bonds is 2. The fourth-order valence-corrected chi connectivity index (χ4v) is 1.80. The fourth-order valence-electron chi connectivity index (χ4n) is 1.67. The molecule has 0 heterocycles. The molecule has 0 saturated carbocycles. The minimum absolute atomic E-state index is 0.0979. The highest BCUT2D eigenvalue weighted by atomic mass is 35.5. The number of halogens is 4. The van der Waals surface area contributed by atoms with Gasteiger partial charge in [-0.1, -0.05) is 54.1 Å². The minimum Gasteiger partial charge on any atom is -0.166 e. The summed E-state index contributed by atoms with van der Waals surface area (Å²) in [6.45, 7) is 0. The Balaban J connectivity index is 2.48. The Kier molecular flexibility index (Phi) is 3.96. The molecule has 0 bridgehead atoms. The van der Waals surface area contributed by atoms with Gasteiger partial charge >= 0.3 is 6.18 Å². The summed E-state index contributed by atoms with van der Waals surface area (Å²) < 4.78 is 39.3. The van der Waals surface area contributed by atoms with Crippen molar-refractivity contribution in [2.45, 2.75) is 6.18 Å². The fraction of sp³-hybridized carbons (Fsp3) is 0.0667. The van der Waals surface area contributed by atoms with E-state index in [4.69, 9.17) is 11.6 Å². The molecule has 2 rings (SSSR count). The summed E-state index contributed by atoms with van der Waals surface area (Å²) in [6.07, 6.45) is -3.28. The molecule has 0 fully saturated rings. The van der Waals surface area contributed by atoms with E-state index in [2.05, 4.69) is 0 Å². The van der Waals surface area contributed by atoms with Crippen LogP contribution < -0.4 is 0 Å². The van der Waals surface area contributed by atoms with Crippen molar-refractivity contribution < 1.29 is 13.2 Å². The number of hydrogen-bond donors (Lipinski definition) is 0. The molecule has 0 spiro atoms. The van der Waals surface area contributed by atoms with E-state index in [1.165, 1.54) is 24.3 Å². The van der Waals surface area contributed by atoms with Gasteiger partial charge in [0.15, 0.2) is 0 Å². The molecular formula is C15H10ClF3. The number of allylic oxidation sites excluding steroid dienone is 1. The van der Waals surface area contributed by atoms with Gasteiger partial charge < -0.3 is 0 Å². The van der Waals surface area contributed by atoms with E-state index < -0.39 is 11.7 Å². The Bertz CT molecular complexity index is 569. The number of alkyl halides is 3. The number of benzene rings is 2. The Morgan fingerprint density at radius 1 is 0.895 bits per heavy atom. The highest BCUT2D eigenvalue weighted by molar-refractivity contribution is 6.30. The van der Waals surface area contributed by atoms with Gasteiger partial charge in [-0.05, 0) is 29.3 Å². The quantitative estimate of drug-likeness (QED) is 0.643. The molecule has 0 atom stereocenters. The second-order valence-corrected chi connectivity index (χ2v) is 4.41. The Hall–Kier alpha value is -1.74. The predicted molar refractivity (Wildman–Crippen MR) is 71.8 cm³/mol. The van der Waals surface area contributed by atoms with E-state index in [0.717, 1.165) is 6.08 Å². The molecule has 0 aromatic heterocycles. The lowest BCUT2D eigenvalue weighted by Gasteiger charge is -2.12. The van der Waals surface area contributed by atoms with Crippen molar-refractivity contribution in [3.8, 4) is 0 Å². The zero-order chi connectivity index (χ0) is 13.9. The SMILES string of the molecule is FC(F)(F)/C(=C\c1ccccc1)c1ccc(Cl)cc1. The van der Waals surface area contributed by atoms with Crippen molar-refractivity contribution in [3.05, 3.63) is 70.7 Å². The topological polar surface area (TPSA) is 0 Å². The predicted octanol–water partition coefficient (Wildman–Crippen LogP) is 5.44. The lowest BCUT2D eigenvalue weighted by molar-refractivity contribution is -0.0683. The summed E-state index contributed by atoms with van der Waals surface area (Å²) in [7, 11) is 0. The Morgan fingerprint density at radius 2 is 1.47 bits per heavy atom. The van der Waals surface area contributed by atoms with Gasteiger partial charge in [0, 0.05) is 5.02 Å². The lowest BCUT2D eigenvalue weighted by atomic mass is 10.0. The molecule has 19 heavy (non-hydrogen) atoms. The average molecular weight is 283 g/mol. The van der Waals surface area contributed by atoms with Crippen LogP contribution >= 0.6 is 11.6 Å². The molecule has 0 aliphatic heterocycles. The summed E-state index contributed by atoms with van der Waals surface area (Å²) >= 11 is 5.69. The third-order valence-corrected chi connectivity index (χ3v) is 2.82. The third kappa shape index (κ3) is 3.61. The lowest BCUT2D eigenvalue weighted by Crippen LogP contribution is -2.10. The van der Waals surface area contributed by atoms with Gasteiger partial charge in [0.1, 0.15) is 0 Å². The van der Waals surface area contributed by atoms with E-state index in [-0.39, 0.29) is 5.56 Å². The first-order chi connectivity index (χ1) is 8.97. The van der Waals surface area contributed by atoms with Gasteiger partial charge in [0.2, 0.25) is 0 Å². The Labute approximate surface area is 114 Å². The van der Waals surface area contributed by atoms with Crippen LogP contribution in [0, 0.1) is 0 Å². The molecule has 2 aromatic rings. The molecule has 0 N–H and O–H groups in total. The van der Waals surface area contributed by atoms with Crippen LogP contribution in [-0.2, 0) is 0 Å². The first-order valence-corrected chi connectivity index (χ1v) is 5.94. The highest BCUT2D eigenvalue weighted by Gasteiger charge is 2.34. The van der Waals surface area contributed by atoms with Crippen LogP contribution in [-0.4, -0.2) is 6.18 Å². The molecule has 0 unspecified atom stereocenters. The average Bonchev–Trinajstić information content (AvgIpc) is 2.37. The van der Waals surface area contributed by atoms with Gasteiger partial charge in [-0.3, -0.25) is 0 Å². The van der Waals surface area contributed by atoms with Crippen molar-refractivity contribution in [1.29, 1.82) is 0 Å². The molecule has 0 aliphatic rings. The number of hydrogen-bond acceptors (Lipinski definition) is 0. The zero-order valence-corrected chi connectivity index (χ0v) is 10.5. The zero-order valence-electron chi connectivity index (χ0n) is 9.79. The molecule has 0 amide bonds. The summed E-state index contributed by atoms with van der Waals surface area (Å²) in [5, 5.41) is 0.407. The summed E-state index contributed by atoms with van der Waals surface area (Å²) in [5.74, 6) is 0. The van der Waals surface area contributed by atoms with E-state index in [0.29, 0.717) is 10.6 Å². The second-order valence-electron chi connectivity index (χ2n) is 3.97. The minimum atomic E-state index is -4.41. The molecular weight excluding hydrogens is 273 g/mol. The summed E-state index contributed by atoms with van der Waals surface area (Å²) in [4.78, 5) is 0. The van der Waals surface area contributed by atoms with Crippen molar-refractivity contribution in [2.24, 2.45) is 0 Å². The van der Waals surface area contributed by atoms with Crippen LogP contribution in [0.4, 0.5) is 13.2 Å². The molecule has 0 nitrogen and oxygen atoms in total. The standard InChI is InChI=1S/C15H10ClF3/c16-13-8-6-12(7-9-13)14(15(17,18)19)10-11-4-2-1-3-5-11/h1-10H/b14-10-. The molecule has 4 heteroatoms. The highest BCUT2D eigenvalue weighted by Crippen LogP contribution is 2.35. The molecule has 2 aromatic carbocycles. The molecule has 0 radical (unpaired) electrons. The smallest absolute Gasteiger partial charge is 0.166 e. The maximum atomic E-state index is 13.1. The van der Waals surface area contributed by atoms with Crippen molar-refractivity contribution >= 4 is 23.3 Å². The van der Waals surface area contributed by atoms with E-state index in [9.17, 15) is 13.2 Å². The molecule has 0 aliphatic carbocycles. The van der Waals surface area contributed by atoms with Crippen LogP contribution in [0.3, 0.4) is 0 Å².